The molecule has 0 saturated carbocycles. The highest BCUT2D eigenvalue weighted by Crippen LogP contribution is 2.42. The summed E-state index contributed by atoms with van der Waals surface area (Å²) in [5.41, 5.74) is 8.52. The van der Waals surface area contributed by atoms with Gasteiger partial charge in [-0.1, -0.05) is 158 Å². The molecule has 0 N–H and O–H groups in total. The van der Waals surface area contributed by atoms with Crippen LogP contribution in [-0.2, 0) is 0 Å². The summed E-state index contributed by atoms with van der Waals surface area (Å²) in [5.74, 6) is 1.54. The Hall–Kier alpha value is -7.04. The predicted molar refractivity (Wildman–Crippen MR) is 216 cm³/mol. The van der Waals surface area contributed by atoms with Crippen LogP contribution in [0.3, 0.4) is 0 Å². The van der Waals surface area contributed by atoms with Crippen molar-refractivity contribution in [1.29, 1.82) is 0 Å². The van der Waals surface area contributed by atoms with Crippen LogP contribution in [0.25, 0.3) is 99.5 Å². The van der Waals surface area contributed by atoms with Crippen LogP contribution in [0.15, 0.2) is 182 Å². The molecule has 0 radical (unpaired) electrons. The fraction of sp³-hybridized carbons (Fsp3) is 0. The molecule has 0 aliphatic carbocycles. The summed E-state index contributed by atoms with van der Waals surface area (Å²) >= 11 is 0. The first-order valence-electron chi connectivity index (χ1n) is 17.7. The minimum atomic E-state index is 0.700. The third-order valence-electron chi connectivity index (χ3n) is 10.5. The molecule has 0 spiro atoms. The van der Waals surface area contributed by atoms with Crippen LogP contribution in [0, 0.1) is 0 Å². The standard InChI is InChI=1S/C48H30N4/c1-3-16-33(17-4-1)45-39-24-11-12-25-40(39)48-50-46(34-18-5-2-6-19-34)49-47(52(45)48)35-20-13-21-36(30-35)51-41-28-26-31-14-7-9-22-37(31)43(41)44-38-23-10-8-15-32(38)27-29-42(44)51/h1-30H. The summed E-state index contributed by atoms with van der Waals surface area (Å²) in [4.78, 5) is 10.7. The van der Waals surface area contributed by atoms with Crippen LogP contribution >= 0.6 is 0 Å². The Morgan fingerprint density at radius 1 is 0.385 bits per heavy atom. The van der Waals surface area contributed by atoms with E-state index in [1.807, 2.05) is 18.2 Å². The van der Waals surface area contributed by atoms with Gasteiger partial charge in [-0.25, -0.2) is 9.97 Å². The van der Waals surface area contributed by atoms with Crippen LogP contribution in [-0.4, -0.2) is 18.9 Å². The monoisotopic (exact) mass is 662 g/mol. The molecule has 11 aromatic rings. The quantitative estimate of drug-likeness (QED) is 0.188. The minimum Gasteiger partial charge on any atom is -0.309 e. The maximum absolute atomic E-state index is 5.39. The number of benzene rings is 8. The van der Waals surface area contributed by atoms with E-state index in [0.29, 0.717) is 5.82 Å². The van der Waals surface area contributed by atoms with E-state index in [9.17, 15) is 0 Å². The van der Waals surface area contributed by atoms with Crippen molar-refractivity contribution in [3.63, 3.8) is 0 Å². The number of fused-ring (bicyclic) bond motifs is 10. The van der Waals surface area contributed by atoms with Crippen LogP contribution in [0.2, 0.25) is 0 Å². The Balaban J connectivity index is 1.25. The van der Waals surface area contributed by atoms with Gasteiger partial charge in [0.25, 0.3) is 0 Å². The number of rotatable bonds is 4. The summed E-state index contributed by atoms with van der Waals surface area (Å²) in [6.07, 6.45) is 0. The first kappa shape index (κ1) is 28.8. The molecule has 4 heteroatoms. The molecule has 4 nitrogen and oxygen atoms in total. The first-order chi connectivity index (χ1) is 25.8. The molecule has 3 aromatic heterocycles. The van der Waals surface area contributed by atoms with E-state index in [-0.39, 0.29) is 0 Å². The molecule has 242 valence electrons. The average Bonchev–Trinajstić information content (AvgIpc) is 3.75. The van der Waals surface area contributed by atoms with Crippen molar-refractivity contribution in [1.82, 2.24) is 18.9 Å². The lowest BCUT2D eigenvalue weighted by molar-refractivity contribution is 1.05. The zero-order valence-electron chi connectivity index (χ0n) is 28.1. The van der Waals surface area contributed by atoms with E-state index in [1.165, 1.54) is 43.4 Å². The summed E-state index contributed by atoms with van der Waals surface area (Å²) in [6.45, 7) is 0. The van der Waals surface area contributed by atoms with Gasteiger partial charge in [-0.3, -0.25) is 4.40 Å². The van der Waals surface area contributed by atoms with E-state index in [2.05, 4.69) is 173 Å². The lowest BCUT2D eigenvalue weighted by Crippen LogP contribution is -2.03. The molecule has 0 aliphatic heterocycles. The predicted octanol–water partition coefficient (Wildman–Crippen LogP) is 12.3. The first-order valence-corrected chi connectivity index (χ1v) is 17.7. The highest BCUT2D eigenvalue weighted by atomic mass is 15.1. The Bertz CT molecular complexity index is 3080. The third-order valence-corrected chi connectivity index (χ3v) is 10.5. The largest absolute Gasteiger partial charge is 0.309 e. The molecule has 0 unspecified atom stereocenters. The van der Waals surface area contributed by atoms with Crippen molar-refractivity contribution < 1.29 is 0 Å². The summed E-state index contributed by atoms with van der Waals surface area (Å²) in [7, 11) is 0. The Kier molecular flexibility index (Phi) is 6.22. The molecule has 0 amide bonds. The minimum absolute atomic E-state index is 0.700. The van der Waals surface area contributed by atoms with Gasteiger partial charge in [-0.15, -0.1) is 0 Å². The van der Waals surface area contributed by atoms with Gasteiger partial charge in [0.2, 0.25) is 0 Å². The Morgan fingerprint density at radius 2 is 0.923 bits per heavy atom. The van der Waals surface area contributed by atoms with E-state index in [0.717, 1.165) is 50.3 Å². The molecule has 8 aromatic carbocycles. The van der Waals surface area contributed by atoms with Gasteiger partial charge in [0.1, 0.15) is 11.5 Å². The smallest absolute Gasteiger partial charge is 0.163 e. The number of hydrogen-bond acceptors (Lipinski definition) is 2. The molecule has 0 fully saturated rings. The SMILES string of the molecule is c1ccc(-c2nc(-c3cccc(-n4c5ccc6ccccc6c5c5c6ccccc6ccc54)c3)n3c(-c4ccccc4)c4ccccc4c3n2)cc1. The molecule has 11 rings (SSSR count). The summed E-state index contributed by atoms with van der Waals surface area (Å²) in [5, 5.41) is 9.77. The van der Waals surface area contributed by atoms with Gasteiger partial charge in [-0.05, 0) is 51.4 Å². The van der Waals surface area contributed by atoms with Gasteiger partial charge >= 0.3 is 0 Å². The maximum atomic E-state index is 5.39. The molecule has 0 atom stereocenters. The highest BCUT2D eigenvalue weighted by molar-refractivity contribution is 6.28. The summed E-state index contributed by atoms with van der Waals surface area (Å²) in [6, 6.07) is 64.8. The van der Waals surface area contributed by atoms with Crippen molar-refractivity contribution in [3.8, 4) is 39.7 Å². The maximum Gasteiger partial charge on any atom is 0.163 e. The normalized spacial score (nSPS) is 11.8. The van der Waals surface area contributed by atoms with Crippen molar-refractivity contribution >= 4 is 59.8 Å². The van der Waals surface area contributed by atoms with E-state index in [1.54, 1.807) is 0 Å². The number of hydrogen-bond donors (Lipinski definition) is 0. The van der Waals surface area contributed by atoms with E-state index < -0.39 is 0 Å². The Labute approximate surface area is 299 Å². The second-order valence-corrected chi connectivity index (χ2v) is 13.4. The molecule has 0 bridgehead atoms. The van der Waals surface area contributed by atoms with Crippen molar-refractivity contribution in [3.05, 3.63) is 182 Å². The van der Waals surface area contributed by atoms with Crippen LogP contribution in [0.1, 0.15) is 0 Å². The molecular weight excluding hydrogens is 633 g/mol. The highest BCUT2D eigenvalue weighted by Gasteiger charge is 2.22. The van der Waals surface area contributed by atoms with Gasteiger partial charge in [-0.2, -0.15) is 0 Å². The van der Waals surface area contributed by atoms with Gasteiger partial charge in [0.15, 0.2) is 5.82 Å². The van der Waals surface area contributed by atoms with Gasteiger partial charge < -0.3 is 4.57 Å². The number of nitrogens with zero attached hydrogens (tertiary/aromatic N) is 4. The van der Waals surface area contributed by atoms with Crippen molar-refractivity contribution in [2.24, 2.45) is 0 Å². The summed E-state index contributed by atoms with van der Waals surface area (Å²) < 4.78 is 4.69. The fourth-order valence-electron chi connectivity index (χ4n) is 8.22. The second-order valence-electron chi connectivity index (χ2n) is 13.4. The van der Waals surface area contributed by atoms with Crippen LogP contribution < -0.4 is 0 Å². The van der Waals surface area contributed by atoms with E-state index in [4.69, 9.17) is 9.97 Å². The van der Waals surface area contributed by atoms with Crippen LogP contribution in [0.5, 0.6) is 0 Å². The van der Waals surface area contributed by atoms with E-state index >= 15 is 0 Å². The average molecular weight is 663 g/mol. The lowest BCUT2D eigenvalue weighted by atomic mass is 10.00. The topological polar surface area (TPSA) is 35.1 Å². The lowest BCUT2D eigenvalue weighted by Gasteiger charge is -2.14. The van der Waals surface area contributed by atoms with Crippen molar-refractivity contribution in [2.45, 2.75) is 0 Å². The third kappa shape index (κ3) is 4.21. The van der Waals surface area contributed by atoms with Gasteiger partial charge in [0, 0.05) is 38.4 Å². The number of aromatic nitrogens is 4. The molecule has 3 heterocycles. The molecule has 52 heavy (non-hydrogen) atoms. The fourth-order valence-corrected chi connectivity index (χ4v) is 8.22. The zero-order chi connectivity index (χ0) is 34.2. The second kappa shape index (κ2) is 11.2. The molecule has 0 aliphatic rings. The zero-order valence-corrected chi connectivity index (χ0v) is 28.1. The molecule has 0 saturated heterocycles. The van der Waals surface area contributed by atoms with Crippen molar-refractivity contribution in [2.75, 3.05) is 0 Å². The van der Waals surface area contributed by atoms with Gasteiger partial charge in [0.05, 0.1) is 16.7 Å². The Morgan fingerprint density at radius 3 is 1.58 bits per heavy atom. The molecular formula is C48H30N4. The van der Waals surface area contributed by atoms with Crippen LogP contribution in [0.4, 0.5) is 0 Å².